The van der Waals surface area contributed by atoms with Crippen LogP contribution >= 0.6 is 0 Å². The van der Waals surface area contributed by atoms with Crippen molar-refractivity contribution < 1.29 is 0 Å². The first kappa shape index (κ1) is 13.9. The molecule has 0 unspecified atom stereocenters. The van der Waals surface area contributed by atoms with Crippen molar-refractivity contribution in [2.45, 2.75) is 47.0 Å². The first-order chi connectivity index (χ1) is 6.56. The predicted molar refractivity (Wildman–Crippen MR) is 64.7 cm³/mol. The van der Waals surface area contributed by atoms with Gasteiger partial charge in [-0.25, -0.2) is 0 Å². The summed E-state index contributed by atoms with van der Waals surface area (Å²) in [4.78, 5) is 0. The SMILES string of the molecule is CCCNCCCNCCC(C)(C)C. The van der Waals surface area contributed by atoms with Crippen LogP contribution in [0, 0.1) is 5.41 Å². The molecular weight excluding hydrogens is 172 g/mol. The lowest BCUT2D eigenvalue weighted by molar-refractivity contribution is 0.366. The molecule has 0 radical (unpaired) electrons. The molecule has 0 bridgehead atoms. The van der Waals surface area contributed by atoms with Gasteiger partial charge in [-0.1, -0.05) is 27.7 Å². The molecular formula is C12H28N2. The summed E-state index contributed by atoms with van der Waals surface area (Å²) in [5.74, 6) is 0. The lowest BCUT2D eigenvalue weighted by Gasteiger charge is -2.18. The van der Waals surface area contributed by atoms with E-state index in [1.54, 1.807) is 0 Å². The van der Waals surface area contributed by atoms with Crippen molar-refractivity contribution in [1.82, 2.24) is 10.6 Å². The maximum Gasteiger partial charge on any atom is -0.00368 e. The molecule has 0 aliphatic rings. The Labute approximate surface area is 89.9 Å². The van der Waals surface area contributed by atoms with Gasteiger partial charge in [-0.15, -0.1) is 0 Å². The lowest BCUT2D eigenvalue weighted by Crippen LogP contribution is -2.25. The molecule has 0 saturated carbocycles. The first-order valence-electron chi connectivity index (χ1n) is 5.97. The lowest BCUT2D eigenvalue weighted by atomic mass is 9.92. The van der Waals surface area contributed by atoms with Gasteiger partial charge in [0.2, 0.25) is 0 Å². The quantitative estimate of drug-likeness (QED) is 0.588. The second kappa shape index (κ2) is 8.25. The number of hydrogen-bond donors (Lipinski definition) is 2. The number of hydrogen-bond acceptors (Lipinski definition) is 2. The van der Waals surface area contributed by atoms with E-state index in [0.29, 0.717) is 5.41 Å². The van der Waals surface area contributed by atoms with E-state index < -0.39 is 0 Å². The normalized spacial score (nSPS) is 12.0. The summed E-state index contributed by atoms with van der Waals surface area (Å²) in [6, 6.07) is 0. The third-order valence-corrected chi connectivity index (χ3v) is 2.19. The summed E-state index contributed by atoms with van der Waals surface area (Å²) in [7, 11) is 0. The van der Waals surface area contributed by atoms with Gasteiger partial charge in [0.1, 0.15) is 0 Å². The molecule has 0 aromatic heterocycles. The molecule has 2 N–H and O–H groups in total. The van der Waals surface area contributed by atoms with Gasteiger partial charge in [0, 0.05) is 0 Å². The second-order valence-corrected chi connectivity index (χ2v) is 5.16. The third kappa shape index (κ3) is 11.9. The fourth-order valence-corrected chi connectivity index (χ4v) is 1.23. The Hall–Kier alpha value is -0.0800. The Morgan fingerprint density at radius 3 is 1.93 bits per heavy atom. The maximum atomic E-state index is 3.48. The fourth-order valence-electron chi connectivity index (χ4n) is 1.23. The first-order valence-corrected chi connectivity index (χ1v) is 5.97. The monoisotopic (exact) mass is 200 g/mol. The molecule has 0 aliphatic carbocycles. The molecule has 2 heteroatoms. The summed E-state index contributed by atoms with van der Waals surface area (Å²) >= 11 is 0. The Morgan fingerprint density at radius 1 is 0.857 bits per heavy atom. The van der Waals surface area contributed by atoms with E-state index >= 15 is 0 Å². The molecule has 0 amide bonds. The van der Waals surface area contributed by atoms with Gasteiger partial charge in [-0.3, -0.25) is 0 Å². The highest BCUT2D eigenvalue weighted by Gasteiger charge is 2.08. The second-order valence-electron chi connectivity index (χ2n) is 5.16. The van der Waals surface area contributed by atoms with Crippen molar-refractivity contribution >= 4 is 0 Å². The molecule has 86 valence electrons. The van der Waals surface area contributed by atoms with Gasteiger partial charge < -0.3 is 10.6 Å². The van der Waals surface area contributed by atoms with E-state index in [4.69, 9.17) is 0 Å². The predicted octanol–water partition coefficient (Wildman–Crippen LogP) is 2.40. The number of rotatable bonds is 8. The summed E-state index contributed by atoms with van der Waals surface area (Å²) in [6.07, 6.45) is 3.73. The highest BCUT2D eigenvalue weighted by atomic mass is 14.9. The Balaban J connectivity index is 2.99. The van der Waals surface area contributed by atoms with E-state index in [1.165, 1.54) is 19.3 Å². The van der Waals surface area contributed by atoms with Gasteiger partial charge in [0.25, 0.3) is 0 Å². The molecule has 0 aromatic carbocycles. The highest BCUT2D eigenvalue weighted by molar-refractivity contribution is 4.63. The smallest absolute Gasteiger partial charge is 0.00368 e. The van der Waals surface area contributed by atoms with E-state index in [9.17, 15) is 0 Å². The van der Waals surface area contributed by atoms with Gasteiger partial charge >= 0.3 is 0 Å². The van der Waals surface area contributed by atoms with Crippen LogP contribution in [0.2, 0.25) is 0 Å². The molecule has 0 spiro atoms. The molecule has 0 aliphatic heterocycles. The van der Waals surface area contributed by atoms with Crippen LogP contribution in [0.15, 0.2) is 0 Å². The van der Waals surface area contributed by atoms with Crippen molar-refractivity contribution in [1.29, 1.82) is 0 Å². The van der Waals surface area contributed by atoms with Crippen molar-refractivity contribution in [2.75, 3.05) is 26.2 Å². The molecule has 0 rings (SSSR count). The van der Waals surface area contributed by atoms with Crippen molar-refractivity contribution in [3.05, 3.63) is 0 Å². The standard InChI is InChI=1S/C12H28N2/c1-5-8-13-9-6-10-14-11-7-12(2,3)4/h13-14H,5-11H2,1-4H3. The van der Waals surface area contributed by atoms with Crippen molar-refractivity contribution in [3.8, 4) is 0 Å². The Morgan fingerprint density at radius 2 is 1.43 bits per heavy atom. The van der Waals surface area contributed by atoms with Gasteiger partial charge in [-0.05, 0) is 50.9 Å². The van der Waals surface area contributed by atoms with Gasteiger partial charge in [0.15, 0.2) is 0 Å². The summed E-state index contributed by atoms with van der Waals surface area (Å²) in [6.45, 7) is 13.7. The zero-order chi connectivity index (χ0) is 10.9. The van der Waals surface area contributed by atoms with Gasteiger partial charge in [-0.2, -0.15) is 0 Å². The van der Waals surface area contributed by atoms with Crippen molar-refractivity contribution in [2.24, 2.45) is 5.41 Å². The molecule has 0 aromatic rings. The zero-order valence-corrected chi connectivity index (χ0v) is 10.4. The van der Waals surface area contributed by atoms with Crippen LogP contribution in [-0.4, -0.2) is 26.2 Å². The van der Waals surface area contributed by atoms with E-state index in [1.807, 2.05) is 0 Å². The average molecular weight is 200 g/mol. The summed E-state index contributed by atoms with van der Waals surface area (Å²) < 4.78 is 0. The molecule has 2 nitrogen and oxygen atoms in total. The molecule has 14 heavy (non-hydrogen) atoms. The minimum Gasteiger partial charge on any atom is -0.317 e. The average Bonchev–Trinajstić information content (AvgIpc) is 2.08. The van der Waals surface area contributed by atoms with Crippen LogP contribution in [0.5, 0.6) is 0 Å². The third-order valence-electron chi connectivity index (χ3n) is 2.19. The van der Waals surface area contributed by atoms with E-state index in [-0.39, 0.29) is 0 Å². The van der Waals surface area contributed by atoms with E-state index in [0.717, 1.165) is 26.2 Å². The van der Waals surface area contributed by atoms with Crippen LogP contribution < -0.4 is 10.6 Å². The van der Waals surface area contributed by atoms with Crippen LogP contribution in [0.1, 0.15) is 47.0 Å². The Bertz CT molecular complexity index is 116. The van der Waals surface area contributed by atoms with Crippen LogP contribution in [-0.2, 0) is 0 Å². The Kier molecular flexibility index (Phi) is 8.20. The van der Waals surface area contributed by atoms with Crippen LogP contribution in [0.4, 0.5) is 0 Å². The summed E-state index contributed by atoms with van der Waals surface area (Å²) in [5.41, 5.74) is 0.466. The molecule has 0 heterocycles. The number of nitrogens with one attached hydrogen (secondary N) is 2. The molecule has 0 saturated heterocycles. The van der Waals surface area contributed by atoms with Crippen LogP contribution in [0.3, 0.4) is 0 Å². The van der Waals surface area contributed by atoms with Crippen LogP contribution in [0.25, 0.3) is 0 Å². The summed E-state index contributed by atoms with van der Waals surface area (Å²) in [5, 5.41) is 6.88. The zero-order valence-electron chi connectivity index (χ0n) is 10.4. The minimum atomic E-state index is 0.466. The highest BCUT2D eigenvalue weighted by Crippen LogP contribution is 2.16. The van der Waals surface area contributed by atoms with Gasteiger partial charge in [0.05, 0.1) is 0 Å². The molecule has 0 atom stereocenters. The topological polar surface area (TPSA) is 24.1 Å². The molecule has 0 fully saturated rings. The minimum absolute atomic E-state index is 0.466. The van der Waals surface area contributed by atoms with E-state index in [2.05, 4.69) is 38.3 Å². The van der Waals surface area contributed by atoms with Crippen molar-refractivity contribution in [3.63, 3.8) is 0 Å². The maximum absolute atomic E-state index is 3.48. The fraction of sp³-hybridized carbons (Fsp3) is 1.00. The largest absolute Gasteiger partial charge is 0.317 e.